The zero-order chi connectivity index (χ0) is 22.9. The molecule has 0 spiro atoms. The third-order valence-corrected chi connectivity index (χ3v) is 5.57. The fourth-order valence-electron chi connectivity index (χ4n) is 1.97. The van der Waals surface area contributed by atoms with Crippen molar-refractivity contribution >= 4 is 93.5 Å². The first-order chi connectivity index (χ1) is 13.9. The standard InChI is InChI=1S/C16H4Cl6O8/c17-3-1-5(11(21)7(9(3)19)13(23)24)29-15(27)16(28)30-6-2-4(18)10(20)8(12(6)22)14(25)26/h1-2H,(H,23,24)(H,25,26). The van der Waals surface area contributed by atoms with Crippen LogP contribution in [0.15, 0.2) is 12.1 Å². The van der Waals surface area contributed by atoms with Gasteiger partial charge in [-0.1, -0.05) is 69.6 Å². The predicted octanol–water partition coefficient (Wildman–Crippen LogP) is 5.51. The van der Waals surface area contributed by atoms with Crippen molar-refractivity contribution in [3.63, 3.8) is 0 Å². The van der Waals surface area contributed by atoms with Gasteiger partial charge in [0.1, 0.15) is 11.1 Å². The number of carbonyl (C=O) groups excluding carboxylic acids is 2. The number of carboxylic acids is 2. The molecule has 0 amide bonds. The van der Waals surface area contributed by atoms with Gasteiger partial charge in [0.05, 0.1) is 30.1 Å². The second-order valence-corrected chi connectivity index (χ2v) is 7.43. The van der Waals surface area contributed by atoms with E-state index in [-0.39, 0.29) is 10.0 Å². The molecular formula is C16H4Cl6O8. The monoisotopic (exact) mass is 534 g/mol. The molecular weight excluding hydrogens is 533 g/mol. The summed E-state index contributed by atoms with van der Waals surface area (Å²) in [6.07, 6.45) is 0. The van der Waals surface area contributed by atoms with Gasteiger partial charge < -0.3 is 19.7 Å². The summed E-state index contributed by atoms with van der Waals surface area (Å²) in [7, 11) is 0. The largest absolute Gasteiger partial charge is 0.478 e. The van der Waals surface area contributed by atoms with Crippen molar-refractivity contribution in [2.24, 2.45) is 0 Å². The van der Waals surface area contributed by atoms with Crippen LogP contribution in [0.5, 0.6) is 11.5 Å². The van der Waals surface area contributed by atoms with Gasteiger partial charge in [-0.05, 0) is 0 Å². The van der Waals surface area contributed by atoms with E-state index in [1.807, 2.05) is 0 Å². The van der Waals surface area contributed by atoms with Crippen molar-refractivity contribution in [3.8, 4) is 11.5 Å². The molecule has 2 aromatic carbocycles. The van der Waals surface area contributed by atoms with Crippen LogP contribution in [0.2, 0.25) is 30.1 Å². The highest BCUT2D eigenvalue weighted by molar-refractivity contribution is 6.47. The van der Waals surface area contributed by atoms with Gasteiger partial charge in [-0.25, -0.2) is 19.2 Å². The van der Waals surface area contributed by atoms with Crippen molar-refractivity contribution in [1.82, 2.24) is 0 Å². The first-order valence-electron chi connectivity index (χ1n) is 7.12. The van der Waals surface area contributed by atoms with Crippen molar-refractivity contribution < 1.29 is 38.9 Å². The second-order valence-electron chi connectivity index (χ2n) is 5.11. The lowest BCUT2D eigenvalue weighted by atomic mass is 10.2. The molecule has 0 aromatic heterocycles. The molecule has 2 aromatic rings. The number of carbonyl (C=O) groups is 4. The Balaban J connectivity index is 2.34. The molecule has 0 heterocycles. The minimum absolute atomic E-state index is 0.326. The summed E-state index contributed by atoms with van der Waals surface area (Å²) in [6.45, 7) is 0. The van der Waals surface area contributed by atoms with E-state index in [1.165, 1.54) is 0 Å². The van der Waals surface area contributed by atoms with Gasteiger partial charge in [-0.3, -0.25) is 0 Å². The SMILES string of the molecule is O=C(Oc1cc(Cl)c(Cl)c(C(=O)O)c1Cl)C(=O)Oc1cc(Cl)c(Cl)c(C(=O)O)c1Cl. The molecule has 0 bridgehead atoms. The molecule has 2 rings (SSSR count). The van der Waals surface area contributed by atoms with Crippen LogP contribution < -0.4 is 9.47 Å². The molecule has 14 heteroatoms. The van der Waals surface area contributed by atoms with Gasteiger partial charge in [-0.15, -0.1) is 0 Å². The van der Waals surface area contributed by atoms with E-state index in [1.54, 1.807) is 0 Å². The summed E-state index contributed by atoms with van der Waals surface area (Å²) in [6, 6.07) is 1.80. The molecule has 0 radical (unpaired) electrons. The highest BCUT2D eigenvalue weighted by Crippen LogP contribution is 2.40. The Morgan fingerprint density at radius 1 is 0.600 bits per heavy atom. The fourth-order valence-corrected chi connectivity index (χ4v) is 3.45. The van der Waals surface area contributed by atoms with Crippen LogP contribution in [0.25, 0.3) is 0 Å². The Morgan fingerprint density at radius 2 is 0.900 bits per heavy atom. The fraction of sp³-hybridized carbons (Fsp3) is 0. The molecule has 0 saturated carbocycles. The Kier molecular flexibility index (Phi) is 7.68. The van der Waals surface area contributed by atoms with Crippen molar-refractivity contribution in [1.29, 1.82) is 0 Å². The molecule has 0 unspecified atom stereocenters. The normalized spacial score (nSPS) is 10.5. The number of esters is 2. The number of carboxylic acid groups (broad SMARTS) is 2. The smallest absolute Gasteiger partial charge is 0.423 e. The molecule has 158 valence electrons. The lowest BCUT2D eigenvalue weighted by molar-refractivity contribution is -0.156. The van der Waals surface area contributed by atoms with Crippen LogP contribution in [-0.4, -0.2) is 34.1 Å². The Labute approximate surface area is 196 Å². The summed E-state index contributed by atoms with van der Waals surface area (Å²) >= 11 is 34.7. The van der Waals surface area contributed by atoms with Crippen molar-refractivity contribution in [2.75, 3.05) is 0 Å². The van der Waals surface area contributed by atoms with E-state index in [0.29, 0.717) is 0 Å². The minimum atomic E-state index is -1.68. The van der Waals surface area contributed by atoms with Gasteiger partial charge >= 0.3 is 23.9 Å². The number of aromatic carboxylic acids is 2. The van der Waals surface area contributed by atoms with Crippen LogP contribution in [0.4, 0.5) is 0 Å². The second kappa shape index (κ2) is 9.47. The van der Waals surface area contributed by atoms with Gasteiger partial charge in [0.25, 0.3) is 0 Å². The number of halogens is 6. The molecule has 0 atom stereocenters. The lowest BCUT2D eigenvalue weighted by Crippen LogP contribution is -2.26. The van der Waals surface area contributed by atoms with Gasteiger partial charge in [0.15, 0.2) is 11.5 Å². The number of hydrogen-bond donors (Lipinski definition) is 2. The van der Waals surface area contributed by atoms with Gasteiger partial charge in [0.2, 0.25) is 0 Å². The molecule has 2 N–H and O–H groups in total. The maximum absolute atomic E-state index is 12.0. The summed E-state index contributed by atoms with van der Waals surface area (Å²) in [4.78, 5) is 46.6. The van der Waals surface area contributed by atoms with E-state index >= 15 is 0 Å². The highest BCUT2D eigenvalue weighted by Gasteiger charge is 2.28. The van der Waals surface area contributed by atoms with E-state index in [0.717, 1.165) is 12.1 Å². The van der Waals surface area contributed by atoms with Crippen LogP contribution in [0, 0.1) is 0 Å². The topological polar surface area (TPSA) is 127 Å². The van der Waals surface area contributed by atoms with E-state index in [2.05, 4.69) is 0 Å². The maximum atomic E-state index is 12.0. The van der Waals surface area contributed by atoms with Crippen LogP contribution in [-0.2, 0) is 9.59 Å². The molecule has 0 saturated heterocycles. The summed E-state index contributed by atoms with van der Waals surface area (Å²) in [5.41, 5.74) is -1.33. The number of hydrogen-bond acceptors (Lipinski definition) is 6. The zero-order valence-corrected chi connectivity index (χ0v) is 18.3. The quantitative estimate of drug-likeness (QED) is 0.226. The average molecular weight is 537 g/mol. The highest BCUT2D eigenvalue weighted by atomic mass is 35.5. The first kappa shape index (κ1) is 24.3. The summed E-state index contributed by atoms with van der Waals surface area (Å²) < 4.78 is 9.41. The Bertz CT molecular complexity index is 1030. The molecule has 30 heavy (non-hydrogen) atoms. The Morgan fingerprint density at radius 3 is 1.17 bits per heavy atom. The average Bonchev–Trinajstić information content (AvgIpc) is 2.63. The number of benzene rings is 2. The van der Waals surface area contributed by atoms with Gasteiger partial charge in [-0.2, -0.15) is 0 Å². The molecule has 0 aliphatic heterocycles. The Hall–Kier alpha value is -1.94. The van der Waals surface area contributed by atoms with Crippen LogP contribution >= 0.6 is 69.6 Å². The molecule has 0 fully saturated rings. The molecule has 0 aliphatic carbocycles. The molecule has 0 aliphatic rings. The van der Waals surface area contributed by atoms with Crippen molar-refractivity contribution in [3.05, 3.63) is 53.4 Å². The maximum Gasteiger partial charge on any atom is 0.423 e. The lowest BCUT2D eigenvalue weighted by Gasteiger charge is -2.12. The zero-order valence-electron chi connectivity index (χ0n) is 13.8. The predicted molar refractivity (Wildman–Crippen MR) is 108 cm³/mol. The van der Waals surface area contributed by atoms with Crippen molar-refractivity contribution in [2.45, 2.75) is 0 Å². The number of ether oxygens (including phenoxy) is 2. The van der Waals surface area contributed by atoms with Gasteiger partial charge in [0, 0.05) is 12.1 Å². The summed E-state index contributed by atoms with van der Waals surface area (Å²) in [5, 5.41) is 15.6. The number of rotatable bonds is 4. The first-order valence-corrected chi connectivity index (χ1v) is 9.39. The van der Waals surface area contributed by atoms with E-state index < -0.39 is 66.6 Å². The van der Waals surface area contributed by atoms with Crippen LogP contribution in [0.3, 0.4) is 0 Å². The van der Waals surface area contributed by atoms with Crippen LogP contribution in [0.1, 0.15) is 20.7 Å². The summed E-state index contributed by atoms with van der Waals surface area (Å²) in [5.74, 6) is -7.70. The van der Waals surface area contributed by atoms with E-state index in [4.69, 9.17) is 89.3 Å². The third kappa shape index (κ3) is 4.85. The third-order valence-electron chi connectivity index (χ3n) is 3.25. The van der Waals surface area contributed by atoms with E-state index in [9.17, 15) is 19.2 Å². The minimum Gasteiger partial charge on any atom is -0.478 e. The molecule has 8 nitrogen and oxygen atoms in total.